The van der Waals surface area contributed by atoms with Crippen molar-refractivity contribution in [2.45, 2.75) is 0 Å². The maximum absolute atomic E-state index is 5.49. The van der Waals surface area contributed by atoms with Crippen LogP contribution in [-0.2, 0) is 0 Å². The van der Waals surface area contributed by atoms with E-state index in [-0.39, 0.29) is 0 Å². The number of hydrogen-bond donors (Lipinski definition) is 0. The molecule has 1 nitrogen and oxygen atoms in total. The van der Waals surface area contributed by atoms with Crippen molar-refractivity contribution in [2.24, 2.45) is 0 Å². The number of fused-ring (bicyclic) bond motifs is 1. The molecule has 0 bridgehead atoms. The minimum absolute atomic E-state index is 0.789. The summed E-state index contributed by atoms with van der Waals surface area (Å²) < 4.78 is 0. The molecule has 0 fully saturated rings. The molecule has 0 spiro atoms. The highest BCUT2D eigenvalue weighted by Crippen LogP contribution is 2.29. The zero-order chi connectivity index (χ0) is 11.8. The van der Waals surface area contributed by atoms with E-state index in [9.17, 15) is 0 Å². The number of para-hydroxylation sites is 1. The first-order chi connectivity index (χ1) is 8.29. The molecular weight excluding hydrogens is 246 g/mol. The third-order valence-corrected chi connectivity index (χ3v) is 3.61. The Labute approximate surface area is 111 Å². The number of nitrogens with zero attached hydrogens (tertiary/aromatic N) is 1. The third-order valence-electron chi connectivity index (χ3n) is 2.81. The van der Waals surface area contributed by atoms with Gasteiger partial charge in [0.2, 0.25) is 0 Å². The number of hydrogen-bond acceptors (Lipinski definition) is 2. The van der Waals surface area contributed by atoms with Gasteiger partial charge in [-0.05, 0) is 12.1 Å². The van der Waals surface area contributed by atoms with E-state index in [2.05, 4.69) is 0 Å². The van der Waals surface area contributed by atoms with Crippen molar-refractivity contribution in [2.75, 3.05) is 4.90 Å². The average Bonchev–Trinajstić information content (AvgIpc) is 2.64. The van der Waals surface area contributed by atoms with Gasteiger partial charge in [0.05, 0.1) is 0 Å². The molecular formula is C14H9NS2. The lowest BCUT2D eigenvalue weighted by molar-refractivity contribution is 1.50. The number of benzene rings is 2. The lowest BCUT2D eigenvalue weighted by atomic mass is 10.1. The smallest absolute Gasteiger partial charge is 0.119 e. The minimum atomic E-state index is 0.789. The van der Waals surface area contributed by atoms with Crippen molar-refractivity contribution in [1.29, 1.82) is 0 Å². The molecule has 0 N–H and O–H groups in total. The molecule has 82 valence electrons. The lowest BCUT2D eigenvalue weighted by Gasteiger charge is -2.17. The average molecular weight is 255 g/mol. The van der Waals surface area contributed by atoms with Crippen LogP contribution in [0.5, 0.6) is 0 Å². The largest absolute Gasteiger partial charge is 0.291 e. The van der Waals surface area contributed by atoms with Gasteiger partial charge in [-0.25, -0.2) is 0 Å². The molecule has 3 heteroatoms. The monoisotopic (exact) mass is 255 g/mol. The van der Waals surface area contributed by atoms with Crippen LogP contribution < -0.4 is 4.90 Å². The van der Waals surface area contributed by atoms with Gasteiger partial charge in [-0.2, -0.15) is 0 Å². The maximum Gasteiger partial charge on any atom is 0.119 e. The third kappa shape index (κ3) is 1.59. The van der Waals surface area contributed by atoms with Crippen LogP contribution in [0.25, 0.3) is 0 Å². The van der Waals surface area contributed by atoms with Gasteiger partial charge in [0.25, 0.3) is 0 Å². The molecule has 0 atom stereocenters. The van der Waals surface area contributed by atoms with Crippen LogP contribution in [0.4, 0.5) is 5.69 Å². The summed E-state index contributed by atoms with van der Waals surface area (Å²) in [5.41, 5.74) is 3.13. The highest BCUT2D eigenvalue weighted by molar-refractivity contribution is 7.83. The molecule has 1 aliphatic rings. The highest BCUT2D eigenvalue weighted by atomic mass is 32.1. The zero-order valence-electron chi connectivity index (χ0n) is 8.96. The van der Waals surface area contributed by atoms with Crippen LogP contribution in [0.3, 0.4) is 0 Å². The Kier molecular flexibility index (Phi) is 2.50. The fraction of sp³-hybridized carbons (Fsp3) is 0. The molecule has 2 aromatic carbocycles. The van der Waals surface area contributed by atoms with Crippen LogP contribution in [0.15, 0.2) is 54.6 Å². The first kappa shape index (κ1) is 10.6. The predicted molar refractivity (Wildman–Crippen MR) is 78.8 cm³/mol. The van der Waals surface area contributed by atoms with E-state index in [1.165, 1.54) is 0 Å². The van der Waals surface area contributed by atoms with Crippen molar-refractivity contribution in [1.82, 2.24) is 0 Å². The fourth-order valence-corrected chi connectivity index (χ4v) is 2.81. The standard InChI is InChI=1S/C14H9NS2/c16-13-11-8-4-5-9-12(11)14(17)15(13)10-6-2-1-3-7-10/h1-9H. The molecule has 0 saturated heterocycles. The summed E-state index contributed by atoms with van der Waals surface area (Å²) >= 11 is 11.0. The second kappa shape index (κ2) is 4.02. The Morgan fingerprint density at radius 1 is 0.647 bits per heavy atom. The molecule has 0 saturated carbocycles. The maximum atomic E-state index is 5.49. The molecule has 0 radical (unpaired) electrons. The van der Waals surface area contributed by atoms with Gasteiger partial charge < -0.3 is 0 Å². The summed E-state index contributed by atoms with van der Waals surface area (Å²) in [5.74, 6) is 0. The quantitative estimate of drug-likeness (QED) is 0.717. The molecule has 2 aromatic rings. The van der Waals surface area contributed by atoms with Gasteiger partial charge in [0.15, 0.2) is 0 Å². The first-order valence-corrected chi connectivity index (χ1v) is 6.13. The molecule has 0 aromatic heterocycles. The summed E-state index contributed by atoms with van der Waals surface area (Å²) in [6, 6.07) is 18.0. The topological polar surface area (TPSA) is 3.24 Å². The van der Waals surface area contributed by atoms with Crippen LogP contribution in [0, 0.1) is 0 Å². The second-order valence-corrected chi connectivity index (χ2v) is 4.60. The van der Waals surface area contributed by atoms with E-state index in [0.717, 1.165) is 26.8 Å². The van der Waals surface area contributed by atoms with Gasteiger partial charge in [-0.3, -0.25) is 4.90 Å². The second-order valence-electron chi connectivity index (χ2n) is 3.83. The summed E-state index contributed by atoms with van der Waals surface area (Å²) in [4.78, 5) is 3.53. The zero-order valence-corrected chi connectivity index (χ0v) is 10.6. The summed E-state index contributed by atoms with van der Waals surface area (Å²) in [6.07, 6.45) is 0. The molecule has 3 rings (SSSR count). The van der Waals surface area contributed by atoms with Gasteiger partial charge in [-0.1, -0.05) is 66.9 Å². The SMILES string of the molecule is S=C1c2ccccc2C(=S)N1c1ccccc1. The van der Waals surface area contributed by atoms with E-state index >= 15 is 0 Å². The lowest BCUT2D eigenvalue weighted by Crippen LogP contribution is -2.27. The van der Waals surface area contributed by atoms with Crippen molar-refractivity contribution >= 4 is 40.1 Å². The van der Waals surface area contributed by atoms with E-state index in [0.29, 0.717) is 0 Å². The molecule has 17 heavy (non-hydrogen) atoms. The Morgan fingerprint density at radius 3 is 1.65 bits per heavy atom. The molecule has 0 amide bonds. The molecule has 1 heterocycles. The molecule has 1 aliphatic heterocycles. The van der Waals surface area contributed by atoms with Crippen molar-refractivity contribution < 1.29 is 0 Å². The highest BCUT2D eigenvalue weighted by Gasteiger charge is 2.29. The number of rotatable bonds is 1. The van der Waals surface area contributed by atoms with E-state index < -0.39 is 0 Å². The summed E-state index contributed by atoms with van der Waals surface area (Å²) in [6.45, 7) is 0. The fourth-order valence-electron chi connectivity index (χ4n) is 2.00. The van der Waals surface area contributed by atoms with Crippen LogP contribution in [0.2, 0.25) is 0 Å². The van der Waals surface area contributed by atoms with Crippen molar-refractivity contribution in [3.8, 4) is 0 Å². The Balaban J connectivity index is 2.13. The van der Waals surface area contributed by atoms with Crippen molar-refractivity contribution in [3.63, 3.8) is 0 Å². The van der Waals surface area contributed by atoms with E-state index in [1.54, 1.807) is 0 Å². The summed E-state index contributed by atoms with van der Waals surface area (Å²) in [7, 11) is 0. The number of thiocarbonyl (C=S) groups is 2. The minimum Gasteiger partial charge on any atom is -0.291 e. The van der Waals surface area contributed by atoms with Crippen LogP contribution in [-0.4, -0.2) is 9.98 Å². The van der Waals surface area contributed by atoms with Gasteiger partial charge in [0, 0.05) is 16.8 Å². The normalized spacial score (nSPS) is 14.0. The van der Waals surface area contributed by atoms with Crippen LogP contribution >= 0.6 is 24.4 Å². The van der Waals surface area contributed by atoms with Gasteiger partial charge >= 0.3 is 0 Å². The van der Waals surface area contributed by atoms with E-state index in [1.807, 2.05) is 59.5 Å². The van der Waals surface area contributed by atoms with E-state index in [4.69, 9.17) is 24.4 Å². The predicted octanol–water partition coefficient (Wildman–Crippen LogP) is 3.56. The van der Waals surface area contributed by atoms with Crippen LogP contribution in [0.1, 0.15) is 11.1 Å². The molecule has 0 unspecified atom stereocenters. The van der Waals surface area contributed by atoms with Crippen molar-refractivity contribution in [3.05, 3.63) is 65.7 Å². The Bertz CT molecular complexity index is 570. The van der Waals surface area contributed by atoms with Gasteiger partial charge in [-0.15, -0.1) is 0 Å². The van der Waals surface area contributed by atoms with Gasteiger partial charge in [0.1, 0.15) is 9.98 Å². The first-order valence-electron chi connectivity index (χ1n) is 5.32. The Hall–Kier alpha value is -1.58. The number of anilines is 1. The Morgan fingerprint density at radius 2 is 1.12 bits per heavy atom. The molecule has 0 aliphatic carbocycles. The summed E-state index contributed by atoms with van der Waals surface area (Å²) in [5, 5.41) is 0.